The number of hydrogen-bond acceptors (Lipinski definition) is 2. The summed E-state index contributed by atoms with van der Waals surface area (Å²) in [7, 11) is 0. The third-order valence-corrected chi connectivity index (χ3v) is 2.83. The van der Waals surface area contributed by atoms with E-state index in [-0.39, 0.29) is 18.3 Å². The molecule has 0 aliphatic carbocycles. The Kier molecular flexibility index (Phi) is 4.02. The van der Waals surface area contributed by atoms with Crippen LogP contribution in [0.25, 0.3) is 0 Å². The highest BCUT2D eigenvalue weighted by atomic mass is 19.4. The van der Waals surface area contributed by atoms with Gasteiger partial charge in [0.25, 0.3) is 0 Å². The van der Waals surface area contributed by atoms with Gasteiger partial charge in [-0.2, -0.15) is 26.3 Å². The van der Waals surface area contributed by atoms with Crippen LogP contribution >= 0.6 is 0 Å². The maximum atomic E-state index is 12.7. The van der Waals surface area contributed by atoms with Crippen molar-refractivity contribution >= 4 is 11.7 Å². The Bertz CT molecular complexity index is 494. The summed E-state index contributed by atoms with van der Waals surface area (Å²) in [5, 5.41) is 1.57. The first-order valence-corrected chi connectivity index (χ1v) is 5.28. The summed E-state index contributed by atoms with van der Waals surface area (Å²) in [5.41, 5.74) is -4.27. The highest BCUT2D eigenvalue weighted by molar-refractivity contribution is 5.96. The van der Waals surface area contributed by atoms with Crippen molar-refractivity contribution in [2.24, 2.45) is 5.41 Å². The molecule has 0 spiro atoms. The summed E-state index contributed by atoms with van der Waals surface area (Å²) in [6.07, 6.45) is -10.4. The van der Waals surface area contributed by atoms with E-state index in [0.717, 1.165) is 6.20 Å². The minimum Gasteiger partial charge on any atom is -0.309 e. The zero-order valence-corrected chi connectivity index (χ0v) is 10.4. The van der Waals surface area contributed by atoms with Crippen LogP contribution in [0.4, 0.5) is 32.2 Å². The van der Waals surface area contributed by atoms with Gasteiger partial charge in [-0.15, -0.1) is 0 Å². The summed E-state index contributed by atoms with van der Waals surface area (Å²) in [6, 6.07) is 2.82. The largest absolute Gasteiger partial charge is 0.411 e. The number of carbonyl (C=O) groups is 1. The number of amides is 1. The summed E-state index contributed by atoms with van der Waals surface area (Å²) in [5.74, 6) is -2.57. The van der Waals surface area contributed by atoms with Gasteiger partial charge in [0.1, 0.15) is 5.82 Å². The molecule has 0 saturated carbocycles. The molecule has 1 heterocycles. The van der Waals surface area contributed by atoms with Crippen LogP contribution < -0.4 is 5.32 Å². The van der Waals surface area contributed by atoms with E-state index in [1.165, 1.54) is 19.1 Å². The Morgan fingerprint density at radius 2 is 1.65 bits per heavy atom. The van der Waals surface area contributed by atoms with Crippen LogP contribution in [0.15, 0.2) is 18.3 Å². The molecule has 0 saturated heterocycles. The van der Waals surface area contributed by atoms with Crippen molar-refractivity contribution in [1.82, 2.24) is 4.98 Å². The molecule has 3 nitrogen and oxygen atoms in total. The first kappa shape index (κ1) is 16.3. The number of rotatable bonds is 2. The van der Waals surface area contributed by atoms with Crippen molar-refractivity contribution < 1.29 is 31.1 Å². The Hall–Kier alpha value is -1.80. The van der Waals surface area contributed by atoms with Crippen molar-refractivity contribution in [2.75, 3.05) is 5.32 Å². The average molecular weight is 300 g/mol. The van der Waals surface area contributed by atoms with Gasteiger partial charge in [0.15, 0.2) is 0 Å². The molecule has 0 unspecified atom stereocenters. The molecular formula is C11H10F6N2O. The molecule has 0 aliphatic rings. The van der Waals surface area contributed by atoms with Crippen LogP contribution in [0, 0.1) is 12.3 Å². The van der Waals surface area contributed by atoms with E-state index in [4.69, 9.17) is 0 Å². The molecule has 0 bridgehead atoms. The van der Waals surface area contributed by atoms with Gasteiger partial charge >= 0.3 is 12.4 Å². The molecule has 0 fully saturated rings. The maximum Gasteiger partial charge on any atom is 0.411 e. The quantitative estimate of drug-likeness (QED) is 0.850. The molecule has 1 rings (SSSR count). The number of alkyl halides is 6. The second-order valence-electron chi connectivity index (χ2n) is 4.24. The molecular weight excluding hydrogens is 290 g/mol. The van der Waals surface area contributed by atoms with E-state index in [1.807, 2.05) is 0 Å². The fraction of sp³-hybridized carbons (Fsp3) is 0.455. The molecule has 9 heteroatoms. The van der Waals surface area contributed by atoms with Gasteiger partial charge in [-0.25, -0.2) is 4.98 Å². The molecule has 1 aromatic rings. The van der Waals surface area contributed by atoms with Crippen LogP contribution in [0.2, 0.25) is 0 Å². The Balaban J connectivity index is 3.19. The van der Waals surface area contributed by atoms with E-state index in [9.17, 15) is 31.1 Å². The predicted octanol–water partition coefficient (Wildman–Crippen LogP) is 3.46. The van der Waals surface area contributed by atoms with Crippen LogP contribution in [0.5, 0.6) is 0 Å². The zero-order valence-electron chi connectivity index (χ0n) is 10.4. The van der Waals surface area contributed by atoms with Crippen molar-refractivity contribution in [3.05, 3.63) is 23.9 Å². The fourth-order valence-corrected chi connectivity index (χ4v) is 1.27. The van der Waals surface area contributed by atoms with Crippen molar-refractivity contribution in [2.45, 2.75) is 26.2 Å². The van der Waals surface area contributed by atoms with E-state index in [2.05, 4.69) is 4.98 Å². The number of hydrogen-bond donors (Lipinski definition) is 1. The second kappa shape index (κ2) is 4.95. The number of aryl methyl sites for hydroxylation is 1. The Labute approximate surface area is 110 Å². The minimum absolute atomic E-state index is 0.208. The lowest BCUT2D eigenvalue weighted by Crippen LogP contribution is -2.55. The molecule has 1 aromatic heterocycles. The molecule has 1 amide bonds. The molecule has 1 N–H and O–H groups in total. The summed E-state index contributed by atoms with van der Waals surface area (Å²) in [6.45, 7) is 1.18. The van der Waals surface area contributed by atoms with Crippen molar-refractivity contribution in [1.29, 1.82) is 0 Å². The average Bonchev–Trinajstić information content (AvgIpc) is 2.28. The van der Waals surface area contributed by atoms with E-state index in [0.29, 0.717) is 0 Å². The van der Waals surface area contributed by atoms with Crippen LogP contribution in [0.1, 0.15) is 12.5 Å². The number of halogens is 6. The summed E-state index contributed by atoms with van der Waals surface area (Å²) in [4.78, 5) is 15.0. The molecule has 0 aliphatic heterocycles. The maximum absolute atomic E-state index is 12.7. The van der Waals surface area contributed by atoms with Crippen LogP contribution in [0.3, 0.4) is 0 Å². The molecule has 0 radical (unpaired) electrons. The first-order valence-electron chi connectivity index (χ1n) is 5.28. The van der Waals surface area contributed by atoms with E-state index >= 15 is 0 Å². The topological polar surface area (TPSA) is 42.0 Å². The van der Waals surface area contributed by atoms with Crippen molar-refractivity contribution in [3.8, 4) is 0 Å². The highest BCUT2D eigenvalue weighted by Gasteiger charge is 2.72. The Morgan fingerprint density at radius 1 is 1.15 bits per heavy atom. The highest BCUT2D eigenvalue weighted by Crippen LogP contribution is 2.50. The van der Waals surface area contributed by atoms with Gasteiger partial charge in [-0.1, -0.05) is 6.07 Å². The standard InChI is InChI=1S/C11H10F6N2O/c1-6-4-3-5-18-7(6)19-8(20)9(2,10(12,13)14)11(15,16)17/h3-5H,1-2H3,(H,18,19,20). The lowest BCUT2D eigenvalue weighted by molar-refractivity contribution is -0.317. The second-order valence-corrected chi connectivity index (χ2v) is 4.24. The van der Waals surface area contributed by atoms with E-state index < -0.39 is 23.7 Å². The van der Waals surface area contributed by atoms with Gasteiger partial charge < -0.3 is 5.32 Å². The summed E-state index contributed by atoms with van der Waals surface area (Å²) < 4.78 is 75.9. The van der Waals surface area contributed by atoms with Crippen LogP contribution in [-0.4, -0.2) is 23.2 Å². The van der Waals surface area contributed by atoms with Gasteiger partial charge in [0.2, 0.25) is 11.3 Å². The fourth-order valence-electron chi connectivity index (χ4n) is 1.27. The number of anilines is 1. The predicted molar refractivity (Wildman–Crippen MR) is 57.8 cm³/mol. The van der Waals surface area contributed by atoms with Gasteiger partial charge in [0.05, 0.1) is 0 Å². The smallest absolute Gasteiger partial charge is 0.309 e. The molecule has 0 aromatic carbocycles. The normalized spacial score (nSPS) is 13.2. The zero-order chi connectivity index (χ0) is 15.8. The SMILES string of the molecule is Cc1cccnc1NC(=O)C(C)(C(F)(F)F)C(F)(F)F. The third kappa shape index (κ3) is 2.70. The number of aromatic nitrogens is 1. The van der Waals surface area contributed by atoms with Crippen molar-refractivity contribution in [3.63, 3.8) is 0 Å². The number of carbonyl (C=O) groups excluding carboxylic acids is 1. The minimum atomic E-state index is -5.78. The third-order valence-electron chi connectivity index (χ3n) is 2.83. The molecule has 0 atom stereocenters. The lowest BCUT2D eigenvalue weighted by atomic mass is 9.87. The van der Waals surface area contributed by atoms with Crippen LogP contribution in [-0.2, 0) is 4.79 Å². The molecule has 20 heavy (non-hydrogen) atoms. The monoisotopic (exact) mass is 300 g/mol. The van der Waals surface area contributed by atoms with Gasteiger partial charge in [-0.3, -0.25) is 4.79 Å². The number of pyridine rings is 1. The lowest BCUT2D eigenvalue weighted by Gasteiger charge is -2.32. The van der Waals surface area contributed by atoms with Gasteiger partial charge in [-0.05, 0) is 25.5 Å². The van der Waals surface area contributed by atoms with Gasteiger partial charge in [0, 0.05) is 6.20 Å². The Morgan fingerprint density at radius 3 is 2.05 bits per heavy atom. The number of nitrogens with one attached hydrogen (secondary N) is 1. The molecule has 112 valence electrons. The number of nitrogens with zero attached hydrogens (tertiary/aromatic N) is 1. The first-order chi connectivity index (χ1) is 8.91. The summed E-state index contributed by atoms with van der Waals surface area (Å²) >= 11 is 0. The van der Waals surface area contributed by atoms with E-state index in [1.54, 1.807) is 5.32 Å².